The van der Waals surface area contributed by atoms with Crippen molar-refractivity contribution >= 4 is 5.97 Å². The van der Waals surface area contributed by atoms with Crippen LogP contribution >= 0.6 is 0 Å². The van der Waals surface area contributed by atoms with Crippen molar-refractivity contribution in [2.75, 3.05) is 0 Å². The van der Waals surface area contributed by atoms with Gasteiger partial charge in [-0.1, -0.05) is 42.5 Å². The van der Waals surface area contributed by atoms with Crippen molar-refractivity contribution in [1.82, 2.24) is 0 Å². The van der Waals surface area contributed by atoms with Crippen molar-refractivity contribution in [3.05, 3.63) is 77.7 Å². The zero-order valence-corrected chi connectivity index (χ0v) is 11.6. The van der Waals surface area contributed by atoms with E-state index >= 15 is 0 Å². The van der Waals surface area contributed by atoms with Gasteiger partial charge in [0.1, 0.15) is 6.61 Å². The smallest absolute Gasteiger partial charge is 0.416 e. The predicted octanol–water partition coefficient (Wildman–Crippen LogP) is 4.20. The van der Waals surface area contributed by atoms with Gasteiger partial charge in [0.15, 0.2) is 0 Å². The summed E-state index contributed by atoms with van der Waals surface area (Å²) in [5, 5.41) is 0. The molecule has 0 spiro atoms. The van der Waals surface area contributed by atoms with Gasteiger partial charge in [0.2, 0.25) is 0 Å². The summed E-state index contributed by atoms with van der Waals surface area (Å²) in [6, 6.07) is 13.9. The van der Waals surface area contributed by atoms with Gasteiger partial charge in [-0.05, 0) is 29.7 Å². The number of hydrogen-bond acceptors (Lipinski definition) is 2. The van der Waals surface area contributed by atoms with Crippen LogP contribution in [0.1, 0.15) is 16.7 Å². The summed E-state index contributed by atoms with van der Waals surface area (Å²) in [6.45, 7) is 0.170. The van der Waals surface area contributed by atoms with Crippen LogP contribution in [0.25, 0.3) is 0 Å². The fourth-order valence-corrected chi connectivity index (χ4v) is 1.82. The average Bonchev–Trinajstić information content (AvgIpc) is 2.51. The first kappa shape index (κ1) is 16.1. The molecular formula is C17H14F3O2. The number of benzene rings is 2. The van der Waals surface area contributed by atoms with Crippen LogP contribution in [0.4, 0.5) is 13.2 Å². The Hall–Kier alpha value is -2.30. The summed E-state index contributed by atoms with van der Waals surface area (Å²) in [4.78, 5) is 11.6. The topological polar surface area (TPSA) is 26.3 Å². The Morgan fingerprint density at radius 1 is 0.955 bits per heavy atom. The molecule has 0 fully saturated rings. The highest BCUT2D eigenvalue weighted by Crippen LogP contribution is 2.29. The lowest BCUT2D eigenvalue weighted by Crippen LogP contribution is -2.07. The molecule has 0 bridgehead atoms. The Kier molecular flexibility index (Phi) is 5.20. The molecule has 22 heavy (non-hydrogen) atoms. The van der Waals surface area contributed by atoms with Gasteiger partial charge in [0, 0.05) is 0 Å². The van der Waals surface area contributed by atoms with Crippen molar-refractivity contribution in [3.63, 3.8) is 0 Å². The number of alkyl halides is 3. The number of halogens is 3. The Bertz CT molecular complexity index is 604. The molecule has 0 aromatic heterocycles. The van der Waals surface area contributed by atoms with E-state index in [4.69, 9.17) is 4.74 Å². The SMILES string of the molecule is O=C([CH]Cc1ccc(C(F)(F)F)cc1)OCc1ccccc1. The van der Waals surface area contributed by atoms with Crippen molar-refractivity contribution in [2.24, 2.45) is 0 Å². The molecule has 115 valence electrons. The van der Waals surface area contributed by atoms with E-state index in [0.29, 0.717) is 5.56 Å². The highest BCUT2D eigenvalue weighted by molar-refractivity contribution is 5.79. The minimum Gasteiger partial charge on any atom is -0.461 e. The first-order chi connectivity index (χ1) is 10.4. The largest absolute Gasteiger partial charge is 0.461 e. The number of carbonyl (C=O) groups is 1. The molecule has 0 N–H and O–H groups in total. The second-order valence-electron chi connectivity index (χ2n) is 4.70. The molecule has 2 aromatic rings. The second-order valence-corrected chi connectivity index (χ2v) is 4.70. The number of hydrogen-bond donors (Lipinski definition) is 0. The molecule has 0 saturated carbocycles. The van der Waals surface area contributed by atoms with Crippen molar-refractivity contribution in [2.45, 2.75) is 19.2 Å². The van der Waals surface area contributed by atoms with Crippen LogP contribution in [-0.4, -0.2) is 5.97 Å². The van der Waals surface area contributed by atoms with E-state index in [2.05, 4.69) is 0 Å². The summed E-state index contributed by atoms with van der Waals surface area (Å²) in [5.41, 5.74) is 0.784. The highest BCUT2D eigenvalue weighted by Gasteiger charge is 2.29. The lowest BCUT2D eigenvalue weighted by molar-refractivity contribution is -0.141. The third kappa shape index (κ3) is 4.91. The normalized spacial score (nSPS) is 11.2. The lowest BCUT2D eigenvalue weighted by Gasteiger charge is -2.08. The summed E-state index contributed by atoms with van der Waals surface area (Å²) >= 11 is 0. The van der Waals surface area contributed by atoms with E-state index < -0.39 is 17.7 Å². The maximum atomic E-state index is 12.4. The van der Waals surface area contributed by atoms with Crippen LogP contribution in [-0.2, 0) is 28.7 Å². The first-order valence-corrected chi connectivity index (χ1v) is 6.65. The summed E-state index contributed by atoms with van der Waals surface area (Å²) in [6.07, 6.45) is -2.81. The molecule has 0 atom stereocenters. The van der Waals surface area contributed by atoms with Gasteiger partial charge in [-0.15, -0.1) is 0 Å². The molecule has 5 heteroatoms. The third-order valence-electron chi connectivity index (χ3n) is 3.01. The Morgan fingerprint density at radius 3 is 2.18 bits per heavy atom. The minimum absolute atomic E-state index is 0.170. The van der Waals surface area contributed by atoms with Gasteiger partial charge < -0.3 is 4.74 Å². The van der Waals surface area contributed by atoms with Gasteiger partial charge in [0.25, 0.3) is 0 Å². The highest BCUT2D eigenvalue weighted by atomic mass is 19.4. The molecule has 0 aliphatic carbocycles. The van der Waals surface area contributed by atoms with Gasteiger partial charge in [-0.3, -0.25) is 4.79 Å². The molecule has 2 aromatic carbocycles. The number of esters is 1. The molecule has 0 aliphatic heterocycles. The van der Waals surface area contributed by atoms with Crippen LogP contribution in [0.5, 0.6) is 0 Å². The molecule has 0 heterocycles. The zero-order chi connectivity index (χ0) is 16.0. The predicted molar refractivity (Wildman–Crippen MR) is 75.7 cm³/mol. The van der Waals surface area contributed by atoms with Gasteiger partial charge >= 0.3 is 12.1 Å². The van der Waals surface area contributed by atoms with Crippen LogP contribution in [0.3, 0.4) is 0 Å². The monoisotopic (exact) mass is 307 g/mol. The molecular weight excluding hydrogens is 293 g/mol. The molecule has 0 saturated heterocycles. The van der Waals surface area contributed by atoms with E-state index in [-0.39, 0.29) is 13.0 Å². The standard InChI is InChI=1S/C17H14F3O2/c18-17(19,20)15-9-6-13(7-10-15)8-11-16(21)22-12-14-4-2-1-3-5-14/h1-7,9-11H,8,12H2. The fourth-order valence-electron chi connectivity index (χ4n) is 1.82. The van der Waals surface area contributed by atoms with Gasteiger partial charge in [0.05, 0.1) is 12.0 Å². The zero-order valence-electron chi connectivity index (χ0n) is 11.6. The second kappa shape index (κ2) is 7.11. The maximum Gasteiger partial charge on any atom is 0.416 e. The van der Waals surface area contributed by atoms with E-state index in [9.17, 15) is 18.0 Å². The van der Waals surface area contributed by atoms with Crippen molar-refractivity contribution in [1.29, 1.82) is 0 Å². The average molecular weight is 307 g/mol. The Balaban J connectivity index is 1.79. The molecule has 0 aliphatic rings. The quantitative estimate of drug-likeness (QED) is 0.774. The molecule has 2 nitrogen and oxygen atoms in total. The van der Waals surface area contributed by atoms with Crippen molar-refractivity contribution < 1.29 is 22.7 Å². The van der Waals surface area contributed by atoms with Crippen LogP contribution in [0, 0.1) is 6.42 Å². The Labute approximate surface area is 126 Å². The minimum atomic E-state index is -4.35. The Morgan fingerprint density at radius 2 is 1.59 bits per heavy atom. The summed E-state index contributed by atoms with van der Waals surface area (Å²) in [5.74, 6) is -0.497. The van der Waals surface area contributed by atoms with Crippen LogP contribution in [0.15, 0.2) is 54.6 Å². The molecule has 2 rings (SSSR count). The number of carbonyl (C=O) groups excluding carboxylic acids is 1. The van der Waals surface area contributed by atoms with E-state index in [1.807, 2.05) is 30.3 Å². The van der Waals surface area contributed by atoms with Crippen LogP contribution in [0.2, 0.25) is 0 Å². The first-order valence-electron chi connectivity index (χ1n) is 6.65. The van der Waals surface area contributed by atoms with Crippen LogP contribution < -0.4 is 0 Å². The summed E-state index contributed by atoms with van der Waals surface area (Å²) in [7, 11) is 0. The third-order valence-corrected chi connectivity index (χ3v) is 3.01. The van der Waals surface area contributed by atoms with E-state index in [1.165, 1.54) is 18.6 Å². The lowest BCUT2D eigenvalue weighted by atomic mass is 10.1. The number of ether oxygens (including phenoxy) is 1. The van der Waals surface area contributed by atoms with Crippen molar-refractivity contribution in [3.8, 4) is 0 Å². The van der Waals surface area contributed by atoms with Gasteiger partial charge in [-0.25, -0.2) is 0 Å². The van der Waals surface area contributed by atoms with E-state index in [0.717, 1.165) is 17.7 Å². The maximum absolute atomic E-state index is 12.4. The van der Waals surface area contributed by atoms with Gasteiger partial charge in [-0.2, -0.15) is 13.2 Å². The summed E-state index contributed by atoms with van der Waals surface area (Å²) < 4.78 is 42.3. The number of rotatable bonds is 5. The fraction of sp³-hybridized carbons (Fsp3) is 0.176. The van der Waals surface area contributed by atoms with E-state index in [1.54, 1.807) is 0 Å². The molecule has 0 unspecified atom stereocenters. The molecule has 0 amide bonds. The molecule has 1 radical (unpaired) electrons.